The Morgan fingerprint density at radius 3 is 2.68 bits per heavy atom. The molecular formula is C18H20FNO2. The molecule has 1 amide bonds. The van der Waals surface area contributed by atoms with Gasteiger partial charge in [-0.1, -0.05) is 30.3 Å². The van der Waals surface area contributed by atoms with Crippen molar-refractivity contribution in [2.24, 2.45) is 0 Å². The quantitative estimate of drug-likeness (QED) is 0.888. The van der Waals surface area contributed by atoms with Gasteiger partial charge in [0.1, 0.15) is 0 Å². The van der Waals surface area contributed by atoms with Crippen LogP contribution in [0, 0.1) is 12.7 Å². The number of nitrogens with one attached hydrogen (secondary N) is 1. The minimum Gasteiger partial charge on any atom is -0.494 e. The molecule has 0 saturated carbocycles. The molecule has 0 aliphatic carbocycles. The van der Waals surface area contributed by atoms with Gasteiger partial charge in [0.15, 0.2) is 11.6 Å². The third-order valence-corrected chi connectivity index (χ3v) is 3.59. The van der Waals surface area contributed by atoms with Crippen LogP contribution in [0.15, 0.2) is 42.5 Å². The van der Waals surface area contributed by atoms with Crippen molar-refractivity contribution in [3.05, 3.63) is 65.0 Å². The maximum absolute atomic E-state index is 13.6. The zero-order valence-corrected chi connectivity index (χ0v) is 12.9. The number of methoxy groups -OCH3 is 1. The number of carbonyl (C=O) groups excluding carboxylic acids is 1. The average molecular weight is 301 g/mol. The van der Waals surface area contributed by atoms with Gasteiger partial charge in [0, 0.05) is 13.0 Å². The number of hydrogen-bond donors (Lipinski definition) is 1. The molecule has 0 atom stereocenters. The van der Waals surface area contributed by atoms with Crippen LogP contribution < -0.4 is 10.1 Å². The van der Waals surface area contributed by atoms with E-state index in [9.17, 15) is 9.18 Å². The Balaban J connectivity index is 1.83. The number of ether oxygens (including phenoxy) is 1. The lowest BCUT2D eigenvalue weighted by Crippen LogP contribution is -2.23. The van der Waals surface area contributed by atoms with E-state index in [2.05, 4.69) is 5.32 Å². The maximum Gasteiger partial charge on any atom is 0.220 e. The first kappa shape index (κ1) is 16.0. The second kappa shape index (κ2) is 7.59. The predicted octanol–water partition coefficient (Wildman–Crippen LogP) is 3.39. The molecule has 4 heteroatoms. The van der Waals surface area contributed by atoms with E-state index in [0.29, 0.717) is 24.9 Å². The van der Waals surface area contributed by atoms with E-state index in [1.54, 1.807) is 12.1 Å². The third-order valence-electron chi connectivity index (χ3n) is 3.59. The Hall–Kier alpha value is -2.36. The fourth-order valence-electron chi connectivity index (χ4n) is 2.25. The number of amides is 1. The van der Waals surface area contributed by atoms with Crippen LogP contribution in [0.2, 0.25) is 0 Å². The average Bonchev–Trinajstić information content (AvgIpc) is 2.52. The Labute approximate surface area is 130 Å². The second-order valence-electron chi connectivity index (χ2n) is 5.17. The summed E-state index contributed by atoms with van der Waals surface area (Å²) in [7, 11) is 1.42. The SMILES string of the molecule is COc1ccc(CNC(=O)CCc2ccccc2C)cc1F. The predicted molar refractivity (Wildman–Crippen MR) is 84.3 cm³/mol. The molecule has 0 aromatic heterocycles. The summed E-state index contributed by atoms with van der Waals surface area (Å²) < 4.78 is 18.4. The molecule has 0 unspecified atom stereocenters. The highest BCUT2D eigenvalue weighted by atomic mass is 19.1. The molecule has 2 aromatic rings. The van der Waals surface area contributed by atoms with E-state index in [0.717, 1.165) is 0 Å². The first-order valence-corrected chi connectivity index (χ1v) is 7.24. The van der Waals surface area contributed by atoms with E-state index < -0.39 is 5.82 Å². The summed E-state index contributed by atoms with van der Waals surface area (Å²) in [5.41, 5.74) is 3.07. The Bertz CT molecular complexity index is 655. The molecule has 22 heavy (non-hydrogen) atoms. The highest BCUT2D eigenvalue weighted by molar-refractivity contribution is 5.76. The number of halogens is 1. The lowest BCUT2D eigenvalue weighted by molar-refractivity contribution is -0.121. The van der Waals surface area contributed by atoms with Crippen molar-refractivity contribution >= 4 is 5.91 Å². The van der Waals surface area contributed by atoms with Gasteiger partial charge in [0.2, 0.25) is 5.91 Å². The van der Waals surface area contributed by atoms with Crippen LogP contribution >= 0.6 is 0 Å². The highest BCUT2D eigenvalue weighted by Gasteiger charge is 2.06. The van der Waals surface area contributed by atoms with Crippen molar-refractivity contribution in [1.82, 2.24) is 5.32 Å². The molecule has 0 fully saturated rings. The molecule has 3 nitrogen and oxygen atoms in total. The van der Waals surface area contributed by atoms with Crippen molar-refractivity contribution < 1.29 is 13.9 Å². The standard InChI is InChI=1S/C18H20FNO2/c1-13-5-3-4-6-15(13)8-10-18(21)20-12-14-7-9-17(22-2)16(19)11-14/h3-7,9,11H,8,10,12H2,1-2H3,(H,20,21). The highest BCUT2D eigenvalue weighted by Crippen LogP contribution is 2.17. The summed E-state index contributed by atoms with van der Waals surface area (Å²) in [5.74, 6) is -0.261. The normalized spacial score (nSPS) is 10.3. The zero-order valence-electron chi connectivity index (χ0n) is 12.9. The summed E-state index contributed by atoms with van der Waals surface area (Å²) >= 11 is 0. The topological polar surface area (TPSA) is 38.3 Å². The van der Waals surface area contributed by atoms with Gasteiger partial charge < -0.3 is 10.1 Å². The molecular weight excluding hydrogens is 281 g/mol. The summed E-state index contributed by atoms with van der Waals surface area (Å²) in [6.07, 6.45) is 1.12. The number of aryl methyl sites for hydroxylation is 2. The van der Waals surface area contributed by atoms with Crippen LogP contribution in [0.1, 0.15) is 23.1 Å². The van der Waals surface area contributed by atoms with Crippen LogP contribution in [0.5, 0.6) is 5.75 Å². The van der Waals surface area contributed by atoms with Crippen molar-refractivity contribution in [2.45, 2.75) is 26.3 Å². The van der Waals surface area contributed by atoms with Crippen molar-refractivity contribution in [3.8, 4) is 5.75 Å². The summed E-state index contributed by atoms with van der Waals surface area (Å²) in [4.78, 5) is 11.9. The van der Waals surface area contributed by atoms with E-state index in [1.807, 2.05) is 31.2 Å². The van der Waals surface area contributed by atoms with Gasteiger partial charge in [-0.05, 0) is 42.2 Å². The molecule has 0 spiro atoms. The molecule has 2 rings (SSSR count). The maximum atomic E-state index is 13.6. The Morgan fingerprint density at radius 1 is 1.23 bits per heavy atom. The first-order chi connectivity index (χ1) is 10.6. The molecule has 0 bridgehead atoms. The molecule has 1 N–H and O–H groups in total. The monoisotopic (exact) mass is 301 g/mol. The number of rotatable bonds is 6. The second-order valence-corrected chi connectivity index (χ2v) is 5.17. The van der Waals surface area contributed by atoms with Gasteiger partial charge in [-0.15, -0.1) is 0 Å². The van der Waals surface area contributed by atoms with E-state index in [1.165, 1.54) is 24.3 Å². The van der Waals surface area contributed by atoms with Crippen molar-refractivity contribution in [1.29, 1.82) is 0 Å². The minimum absolute atomic E-state index is 0.0421. The van der Waals surface area contributed by atoms with Gasteiger partial charge in [0.05, 0.1) is 7.11 Å². The molecule has 0 heterocycles. The lowest BCUT2D eigenvalue weighted by atomic mass is 10.0. The molecule has 0 saturated heterocycles. The van der Waals surface area contributed by atoms with Crippen LogP contribution in [-0.4, -0.2) is 13.0 Å². The van der Waals surface area contributed by atoms with Gasteiger partial charge in [-0.2, -0.15) is 0 Å². The van der Waals surface area contributed by atoms with Gasteiger partial charge in [-0.3, -0.25) is 4.79 Å². The van der Waals surface area contributed by atoms with Gasteiger partial charge in [-0.25, -0.2) is 4.39 Å². The van der Waals surface area contributed by atoms with E-state index in [-0.39, 0.29) is 11.7 Å². The summed E-state index contributed by atoms with van der Waals surface area (Å²) in [6, 6.07) is 12.7. The van der Waals surface area contributed by atoms with Crippen molar-refractivity contribution in [2.75, 3.05) is 7.11 Å². The minimum atomic E-state index is -0.422. The molecule has 0 aliphatic heterocycles. The zero-order chi connectivity index (χ0) is 15.9. The molecule has 0 aliphatic rings. The van der Waals surface area contributed by atoms with Crippen LogP contribution in [0.25, 0.3) is 0 Å². The Kier molecular flexibility index (Phi) is 5.53. The van der Waals surface area contributed by atoms with Gasteiger partial charge in [0.25, 0.3) is 0 Å². The number of hydrogen-bond acceptors (Lipinski definition) is 2. The Morgan fingerprint density at radius 2 is 2.00 bits per heavy atom. The summed E-state index contributed by atoms with van der Waals surface area (Å²) in [5, 5.41) is 2.81. The number of carbonyl (C=O) groups is 1. The van der Waals surface area contributed by atoms with Crippen LogP contribution in [0.4, 0.5) is 4.39 Å². The smallest absolute Gasteiger partial charge is 0.220 e. The van der Waals surface area contributed by atoms with Crippen molar-refractivity contribution in [3.63, 3.8) is 0 Å². The fraction of sp³-hybridized carbons (Fsp3) is 0.278. The molecule has 116 valence electrons. The van der Waals surface area contributed by atoms with Gasteiger partial charge >= 0.3 is 0 Å². The van der Waals surface area contributed by atoms with Crippen LogP contribution in [-0.2, 0) is 17.8 Å². The number of benzene rings is 2. The summed E-state index contributed by atoms with van der Waals surface area (Å²) in [6.45, 7) is 2.35. The van der Waals surface area contributed by atoms with E-state index >= 15 is 0 Å². The first-order valence-electron chi connectivity index (χ1n) is 7.24. The molecule has 2 aromatic carbocycles. The van der Waals surface area contributed by atoms with Crippen LogP contribution in [0.3, 0.4) is 0 Å². The lowest BCUT2D eigenvalue weighted by Gasteiger charge is -2.08. The van der Waals surface area contributed by atoms with E-state index in [4.69, 9.17) is 4.74 Å². The largest absolute Gasteiger partial charge is 0.494 e. The third kappa shape index (κ3) is 4.32. The fourth-order valence-corrected chi connectivity index (χ4v) is 2.25. The molecule has 0 radical (unpaired) electrons.